The van der Waals surface area contributed by atoms with E-state index in [2.05, 4.69) is 23.6 Å². The summed E-state index contributed by atoms with van der Waals surface area (Å²) in [6.07, 6.45) is 7.92. The zero-order valence-electron chi connectivity index (χ0n) is 18.0. The van der Waals surface area contributed by atoms with E-state index in [0.29, 0.717) is 18.4 Å². The molecule has 1 saturated carbocycles. The molecule has 160 valence electrons. The van der Waals surface area contributed by atoms with Gasteiger partial charge in [0.15, 0.2) is 0 Å². The van der Waals surface area contributed by atoms with Gasteiger partial charge in [-0.2, -0.15) is 0 Å². The zero-order valence-corrected chi connectivity index (χ0v) is 18.0. The maximum Gasteiger partial charge on any atom is 0.217 e. The first-order valence-corrected chi connectivity index (χ1v) is 11.1. The van der Waals surface area contributed by atoms with Crippen LogP contribution in [0.3, 0.4) is 0 Å². The summed E-state index contributed by atoms with van der Waals surface area (Å²) < 4.78 is 0. The molecule has 0 unspecified atom stereocenters. The molecule has 1 aromatic heterocycles. The molecule has 1 amide bonds. The van der Waals surface area contributed by atoms with Gasteiger partial charge in [0.1, 0.15) is 0 Å². The lowest BCUT2D eigenvalue weighted by atomic mass is 9.59. The number of nitrogens with zero attached hydrogens (tertiary/aromatic N) is 1. The highest BCUT2D eigenvalue weighted by Crippen LogP contribution is 2.52. The van der Waals surface area contributed by atoms with Crippen molar-refractivity contribution in [2.24, 2.45) is 5.41 Å². The van der Waals surface area contributed by atoms with Crippen LogP contribution >= 0.6 is 0 Å². The number of aliphatic hydroxyl groups excluding tert-OH is 1. The summed E-state index contributed by atoms with van der Waals surface area (Å²) in [5.41, 5.74) is 5.14. The molecule has 1 fully saturated rings. The summed E-state index contributed by atoms with van der Waals surface area (Å²) >= 11 is 0. The van der Waals surface area contributed by atoms with E-state index < -0.39 is 6.10 Å². The standard InChI is InChI=1S/C25H33N3O2/c1-17-11-20-22(26-15-17)13-25(9-6-10-25)14-23(20)27-16-24(30)21(28-18(2)29)12-19-7-4-3-5-8-19/h3-5,7-8,11,15,21,23-24,27,30H,6,9-10,12-14,16H2,1-2H3,(H,28,29)/t21-,23-,24+/m0/s1. The first-order valence-electron chi connectivity index (χ1n) is 11.1. The van der Waals surface area contributed by atoms with Crippen molar-refractivity contribution >= 4 is 5.91 Å². The molecule has 3 atom stereocenters. The Bertz CT molecular complexity index is 879. The minimum atomic E-state index is -0.672. The fourth-order valence-electron chi connectivity index (χ4n) is 5.10. The van der Waals surface area contributed by atoms with Crippen LogP contribution < -0.4 is 10.6 Å². The van der Waals surface area contributed by atoms with Gasteiger partial charge >= 0.3 is 0 Å². The highest BCUT2D eigenvalue weighted by Gasteiger charge is 2.44. The van der Waals surface area contributed by atoms with Gasteiger partial charge < -0.3 is 15.7 Å². The van der Waals surface area contributed by atoms with Gasteiger partial charge in [-0.25, -0.2) is 0 Å². The van der Waals surface area contributed by atoms with Gasteiger partial charge in [0.05, 0.1) is 12.1 Å². The highest BCUT2D eigenvalue weighted by molar-refractivity contribution is 5.73. The molecule has 0 saturated heterocycles. The Morgan fingerprint density at radius 3 is 2.73 bits per heavy atom. The summed E-state index contributed by atoms with van der Waals surface area (Å²) in [6.45, 7) is 4.02. The lowest BCUT2D eigenvalue weighted by Crippen LogP contribution is -2.49. The number of fused-ring (bicyclic) bond motifs is 1. The van der Waals surface area contributed by atoms with Crippen molar-refractivity contribution in [3.05, 3.63) is 65.0 Å². The predicted molar refractivity (Wildman–Crippen MR) is 118 cm³/mol. The van der Waals surface area contributed by atoms with Crippen LogP contribution in [0.4, 0.5) is 0 Å². The second-order valence-corrected chi connectivity index (χ2v) is 9.31. The van der Waals surface area contributed by atoms with E-state index in [4.69, 9.17) is 4.98 Å². The Labute approximate surface area is 179 Å². The molecule has 5 heteroatoms. The quantitative estimate of drug-likeness (QED) is 0.659. The second kappa shape index (κ2) is 8.86. The van der Waals surface area contributed by atoms with Crippen molar-refractivity contribution in [1.29, 1.82) is 0 Å². The summed E-state index contributed by atoms with van der Waals surface area (Å²) in [5.74, 6) is -0.119. The van der Waals surface area contributed by atoms with Gasteiger partial charge in [-0.15, -0.1) is 0 Å². The number of rotatable bonds is 7. The van der Waals surface area contributed by atoms with Crippen molar-refractivity contribution in [2.75, 3.05) is 6.54 Å². The number of aryl methyl sites for hydroxylation is 1. The number of carbonyl (C=O) groups is 1. The van der Waals surface area contributed by atoms with Crippen LogP contribution in [0.15, 0.2) is 42.6 Å². The fraction of sp³-hybridized carbons (Fsp3) is 0.520. The number of aromatic nitrogens is 1. The second-order valence-electron chi connectivity index (χ2n) is 9.31. The van der Waals surface area contributed by atoms with E-state index >= 15 is 0 Å². The monoisotopic (exact) mass is 407 g/mol. The van der Waals surface area contributed by atoms with E-state index in [1.807, 2.05) is 36.5 Å². The van der Waals surface area contributed by atoms with Gasteiger partial charge in [-0.3, -0.25) is 9.78 Å². The van der Waals surface area contributed by atoms with E-state index in [1.165, 1.54) is 43.0 Å². The molecule has 4 rings (SSSR count). The number of carbonyl (C=O) groups excluding carboxylic acids is 1. The van der Waals surface area contributed by atoms with Gasteiger partial charge in [0.25, 0.3) is 0 Å². The van der Waals surface area contributed by atoms with Crippen LogP contribution in [-0.2, 0) is 17.6 Å². The van der Waals surface area contributed by atoms with Gasteiger partial charge in [0, 0.05) is 31.4 Å². The van der Waals surface area contributed by atoms with Crippen molar-refractivity contribution in [3.8, 4) is 0 Å². The molecule has 2 aliphatic carbocycles. The average Bonchev–Trinajstić information content (AvgIpc) is 2.70. The lowest BCUT2D eigenvalue weighted by Gasteiger charge is -2.48. The van der Waals surface area contributed by atoms with Gasteiger partial charge in [-0.05, 0) is 61.1 Å². The van der Waals surface area contributed by atoms with Crippen LogP contribution in [0.1, 0.15) is 61.0 Å². The summed E-state index contributed by atoms with van der Waals surface area (Å²) in [5, 5.41) is 17.5. The number of amides is 1. The lowest BCUT2D eigenvalue weighted by molar-refractivity contribution is -0.120. The minimum Gasteiger partial charge on any atom is -0.390 e. The third-order valence-corrected chi connectivity index (χ3v) is 6.83. The first-order chi connectivity index (χ1) is 14.4. The van der Waals surface area contributed by atoms with E-state index in [9.17, 15) is 9.90 Å². The molecule has 5 nitrogen and oxygen atoms in total. The van der Waals surface area contributed by atoms with Crippen molar-refractivity contribution in [2.45, 2.75) is 70.6 Å². The predicted octanol–water partition coefficient (Wildman–Crippen LogP) is 3.25. The normalized spacial score (nSPS) is 21.4. The van der Waals surface area contributed by atoms with Gasteiger partial charge in [0.2, 0.25) is 5.91 Å². The van der Waals surface area contributed by atoms with Crippen molar-refractivity contribution < 1.29 is 9.90 Å². The summed E-state index contributed by atoms with van der Waals surface area (Å²) in [4.78, 5) is 16.5. The average molecular weight is 408 g/mol. The minimum absolute atomic E-state index is 0.119. The third kappa shape index (κ3) is 4.73. The molecular formula is C25H33N3O2. The molecule has 2 aliphatic rings. The molecule has 1 heterocycles. The van der Waals surface area contributed by atoms with E-state index in [0.717, 1.165) is 18.4 Å². The summed E-state index contributed by atoms with van der Waals surface area (Å²) in [6, 6.07) is 12.1. The number of benzene rings is 1. The highest BCUT2D eigenvalue weighted by atomic mass is 16.3. The molecule has 0 aliphatic heterocycles. The van der Waals surface area contributed by atoms with Gasteiger partial charge in [-0.1, -0.05) is 42.8 Å². The maximum atomic E-state index is 11.7. The van der Waals surface area contributed by atoms with Crippen LogP contribution in [0, 0.1) is 12.3 Å². The molecule has 1 aromatic carbocycles. The van der Waals surface area contributed by atoms with Crippen molar-refractivity contribution in [1.82, 2.24) is 15.6 Å². The van der Waals surface area contributed by atoms with Crippen LogP contribution in [-0.4, -0.2) is 34.7 Å². The third-order valence-electron chi connectivity index (χ3n) is 6.83. The SMILES string of the molecule is CC(=O)N[C@@H](Cc1ccccc1)[C@H](O)CN[C@H]1CC2(CCC2)Cc2ncc(C)cc21. The number of pyridine rings is 1. The fourth-order valence-corrected chi connectivity index (χ4v) is 5.10. The van der Waals surface area contributed by atoms with Crippen molar-refractivity contribution in [3.63, 3.8) is 0 Å². The Kier molecular flexibility index (Phi) is 6.21. The molecule has 1 spiro atoms. The van der Waals surface area contributed by atoms with E-state index in [-0.39, 0.29) is 18.0 Å². The van der Waals surface area contributed by atoms with E-state index in [1.54, 1.807) is 0 Å². The Hall–Kier alpha value is -2.24. The van der Waals surface area contributed by atoms with Crippen LogP contribution in [0.5, 0.6) is 0 Å². The Balaban J connectivity index is 1.46. The molecule has 2 aromatic rings. The smallest absolute Gasteiger partial charge is 0.217 e. The number of hydrogen-bond donors (Lipinski definition) is 3. The maximum absolute atomic E-state index is 11.7. The largest absolute Gasteiger partial charge is 0.390 e. The van der Waals surface area contributed by atoms with Crippen LogP contribution in [0.2, 0.25) is 0 Å². The molecule has 3 N–H and O–H groups in total. The molecule has 0 bridgehead atoms. The molecule has 30 heavy (non-hydrogen) atoms. The number of aliphatic hydroxyl groups is 1. The topological polar surface area (TPSA) is 74.2 Å². The first kappa shape index (κ1) is 21.0. The molecular weight excluding hydrogens is 374 g/mol. The number of hydrogen-bond acceptors (Lipinski definition) is 4. The Morgan fingerprint density at radius 1 is 1.30 bits per heavy atom. The Morgan fingerprint density at radius 2 is 2.07 bits per heavy atom. The zero-order chi connectivity index (χ0) is 21.1. The number of nitrogens with one attached hydrogen (secondary N) is 2. The molecule has 0 radical (unpaired) electrons. The summed E-state index contributed by atoms with van der Waals surface area (Å²) in [7, 11) is 0. The van der Waals surface area contributed by atoms with Crippen LogP contribution in [0.25, 0.3) is 0 Å².